The van der Waals surface area contributed by atoms with Crippen LogP contribution in [0.1, 0.15) is 62.5 Å². The van der Waals surface area contributed by atoms with Crippen molar-refractivity contribution in [2.24, 2.45) is 5.92 Å². The highest BCUT2D eigenvalue weighted by Gasteiger charge is 2.42. The summed E-state index contributed by atoms with van der Waals surface area (Å²) in [5.74, 6) is -1.61. The lowest BCUT2D eigenvalue weighted by atomic mass is 9.74. The van der Waals surface area contributed by atoms with Crippen molar-refractivity contribution in [3.63, 3.8) is 0 Å². The first kappa shape index (κ1) is 23.8. The maximum absolute atomic E-state index is 12.4. The van der Waals surface area contributed by atoms with E-state index in [0.29, 0.717) is 25.8 Å². The van der Waals surface area contributed by atoms with Gasteiger partial charge in [0.05, 0.1) is 11.5 Å². The molecule has 34 heavy (non-hydrogen) atoms. The van der Waals surface area contributed by atoms with Crippen molar-refractivity contribution < 1.29 is 24.2 Å². The molecule has 2 amide bonds. The van der Waals surface area contributed by atoms with Gasteiger partial charge < -0.3 is 20.5 Å². The Kier molecular flexibility index (Phi) is 7.20. The zero-order chi connectivity index (χ0) is 24.1. The molecule has 7 heteroatoms. The monoisotopic (exact) mass is 464 g/mol. The van der Waals surface area contributed by atoms with E-state index >= 15 is 0 Å². The highest BCUT2D eigenvalue weighted by atomic mass is 16.5. The molecule has 2 aliphatic carbocycles. The molecule has 0 spiro atoms. The van der Waals surface area contributed by atoms with E-state index in [2.05, 4.69) is 34.9 Å². The Balaban J connectivity index is 1.21. The van der Waals surface area contributed by atoms with Gasteiger partial charge in [0, 0.05) is 18.9 Å². The van der Waals surface area contributed by atoms with E-state index in [1.807, 2.05) is 31.2 Å². The van der Waals surface area contributed by atoms with Gasteiger partial charge >= 0.3 is 12.1 Å². The average Bonchev–Trinajstić information content (AvgIpc) is 3.14. The van der Waals surface area contributed by atoms with Crippen molar-refractivity contribution in [2.45, 2.75) is 56.9 Å². The molecule has 0 bridgehead atoms. The summed E-state index contributed by atoms with van der Waals surface area (Å²) in [5, 5.41) is 15.1. The van der Waals surface area contributed by atoms with Crippen LogP contribution >= 0.6 is 0 Å². The molecule has 0 saturated heterocycles. The third-order valence-corrected chi connectivity index (χ3v) is 7.12. The topological polar surface area (TPSA) is 105 Å². The van der Waals surface area contributed by atoms with Gasteiger partial charge in [0.1, 0.15) is 6.61 Å². The normalized spacial score (nSPS) is 21.3. The minimum atomic E-state index is -0.862. The smallest absolute Gasteiger partial charge is 0.407 e. The number of hydrogen-bond acceptors (Lipinski definition) is 4. The number of fused-ring (bicyclic) bond motifs is 3. The van der Waals surface area contributed by atoms with Crippen LogP contribution in [0.4, 0.5) is 4.79 Å². The second-order valence-electron chi connectivity index (χ2n) is 9.46. The Hall–Kier alpha value is -3.35. The number of carboxylic acid groups (broad SMARTS) is 1. The lowest BCUT2D eigenvalue weighted by Gasteiger charge is -2.39. The first-order valence-electron chi connectivity index (χ1n) is 12.0. The fourth-order valence-corrected chi connectivity index (χ4v) is 5.35. The molecule has 0 aromatic heterocycles. The number of alkyl carbamates (subject to hydrolysis) is 1. The van der Waals surface area contributed by atoms with Crippen LogP contribution in [0.2, 0.25) is 0 Å². The summed E-state index contributed by atoms with van der Waals surface area (Å²) < 4.78 is 5.51. The molecule has 2 aromatic carbocycles. The third-order valence-electron chi connectivity index (χ3n) is 7.12. The summed E-state index contributed by atoms with van der Waals surface area (Å²) in [7, 11) is 0. The summed E-state index contributed by atoms with van der Waals surface area (Å²) in [4.78, 5) is 36.2. The molecule has 3 N–H and O–H groups in total. The number of carboxylic acids is 1. The molecule has 2 aromatic rings. The van der Waals surface area contributed by atoms with Crippen molar-refractivity contribution in [2.75, 3.05) is 13.2 Å². The molecule has 1 saturated carbocycles. The van der Waals surface area contributed by atoms with Gasteiger partial charge in [0.15, 0.2) is 0 Å². The van der Waals surface area contributed by atoms with Crippen molar-refractivity contribution in [3.05, 3.63) is 59.7 Å². The van der Waals surface area contributed by atoms with E-state index in [1.165, 1.54) is 11.1 Å². The fourth-order valence-electron chi connectivity index (χ4n) is 5.35. The number of carbonyl (C=O) groups excluding carboxylic acids is 2. The lowest BCUT2D eigenvalue weighted by Crippen LogP contribution is -2.55. The molecule has 7 nitrogen and oxygen atoms in total. The molecule has 2 unspecified atom stereocenters. The molecule has 1 fully saturated rings. The zero-order valence-corrected chi connectivity index (χ0v) is 19.5. The second kappa shape index (κ2) is 10.3. The average molecular weight is 465 g/mol. The van der Waals surface area contributed by atoms with Gasteiger partial charge in [-0.3, -0.25) is 9.59 Å². The van der Waals surface area contributed by atoms with Crippen LogP contribution in [0.25, 0.3) is 11.1 Å². The quantitative estimate of drug-likeness (QED) is 0.501. The molecule has 2 atom stereocenters. The number of benzene rings is 2. The van der Waals surface area contributed by atoms with E-state index in [-0.39, 0.29) is 24.9 Å². The predicted octanol–water partition coefficient (Wildman–Crippen LogP) is 4.46. The largest absolute Gasteiger partial charge is 0.481 e. The molecule has 180 valence electrons. The minimum Gasteiger partial charge on any atom is -0.481 e. The highest BCUT2D eigenvalue weighted by molar-refractivity contribution is 5.80. The van der Waals surface area contributed by atoms with Gasteiger partial charge in [-0.05, 0) is 48.4 Å². The number of hydrogen-bond donors (Lipinski definition) is 3. The number of rotatable bonds is 8. The Morgan fingerprint density at radius 3 is 2.32 bits per heavy atom. The third kappa shape index (κ3) is 5.08. The van der Waals surface area contributed by atoms with Crippen molar-refractivity contribution in [3.8, 4) is 11.1 Å². The van der Waals surface area contributed by atoms with Crippen LogP contribution in [0, 0.1) is 5.92 Å². The van der Waals surface area contributed by atoms with E-state index in [9.17, 15) is 19.5 Å². The number of aliphatic carboxylic acids is 1. The van der Waals surface area contributed by atoms with E-state index in [0.717, 1.165) is 24.0 Å². The van der Waals surface area contributed by atoms with Gasteiger partial charge in [0.25, 0.3) is 0 Å². The van der Waals surface area contributed by atoms with Gasteiger partial charge in [-0.1, -0.05) is 61.4 Å². The summed E-state index contributed by atoms with van der Waals surface area (Å²) in [6, 6.07) is 16.3. The van der Waals surface area contributed by atoms with Crippen LogP contribution in [-0.2, 0) is 14.3 Å². The Morgan fingerprint density at radius 2 is 1.68 bits per heavy atom. The molecule has 0 radical (unpaired) electrons. The molecule has 0 heterocycles. The number of nitrogens with one attached hydrogen (secondary N) is 2. The first-order valence-corrected chi connectivity index (χ1v) is 12.0. The molecular formula is C27H32N2O5. The van der Waals surface area contributed by atoms with Gasteiger partial charge in [-0.25, -0.2) is 4.79 Å². The minimum absolute atomic E-state index is 0.00217. The summed E-state index contributed by atoms with van der Waals surface area (Å²) in [6.45, 7) is 2.37. The van der Waals surface area contributed by atoms with Crippen LogP contribution in [-0.4, -0.2) is 41.8 Å². The van der Waals surface area contributed by atoms with Gasteiger partial charge in [-0.15, -0.1) is 0 Å². The van der Waals surface area contributed by atoms with Crippen LogP contribution < -0.4 is 10.6 Å². The maximum Gasteiger partial charge on any atom is 0.407 e. The van der Waals surface area contributed by atoms with E-state index in [1.54, 1.807) is 0 Å². The zero-order valence-electron chi connectivity index (χ0n) is 19.5. The van der Waals surface area contributed by atoms with Crippen LogP contribution in [0.3, 0.4) is 0 Å². The number of ether oxygens (including phenoxy) is 1. The molecule has 2 aliphatic rings. The maximum atomic E-state index is 12.4. The van der Waals surface area contributed by atoms with E-state index in [4.69, 9.17) is 4.74 Å². The molecule has 0 aliphatic heterocycles. The van der Waals surface area contributed by atoms with Crippen molar-refractivity contribution >= 4 is 18.0 Å². The number of amides is 2. The van der Waals surface area contributed by atoms with Gasteiger partial charge in [-0.2, -0.15) is 0 Å². The van der Waals surface area contributed by atoms with Gasteiger partial charge in [0.2, 0.25) is 5.91 Å². The van der Waals surface area contributed by atoms with E-state index < -0.39 is 23.5 Å². The van der Waals surface area contributed by atoms with Crippen molar-refractivity contribution in [1.29, 1.82) is 0 Å². The Morgan fingerprint density at radius 1 is 1.03 bits per heavy atom. The SMILES string of the molecule is CC1(NC(=O)CCCNC(=O)OCC2c3ccccc3-c3ccccc32)CCCCC1C(=O)O. The standard InChI is InChI=1S/C27H32N2O5/c1-27(15-7-6-13-23(27)25(31)32)29-24(30)14-8-16-28-26(33)34-17-22-20-11-4-2-9-18(20)19-10-3-5-12-21(19)22/h2-5,9-12,22-23H,6-8,13-17H2,1H3,(H,28,33)(H,29,30)(H,31,32). The summed E-state index contributed by atoms with van der Waals surface area (Å²) in [6.07, 6.45) is 3.17. The highest BCUT2D eigenvalue weighted by Crippen LogP contribution is 2.44. The first-order chi connectivity index (χ1) is 16.4. The van der Waals surface area contributed by atoms with Crippen LogP contribution in [0.15, 0.2) is 48.5 Å². The van der Waals surface area contributed by atoms with Crippen molar-refractivity contribution in [1.82, 2.24) is 10.6 Å². The number of carbonyl (C=O) groups is 3. The molecular weight excluding hydrogens is 432 g/mol. The predicted molar refractivity (Wildman–Crippen MR) is 128 cm³/mol. The fraction of sp³-hybridized carbons (Fsp3) is 0.444. The Labute approximate surface area is 199 Å². The summed E-state index contributed by atoms with van der Waals surface area (Å²) >= 11 is 0. The molecule has 4 rings (SSSR count). The summed E-state index contributed by atoms with van der Waals surface area (Å²) in [5.41, 5.74) is 3.94. The lowest BCUT2D eigenvalue weighted by molar-refractivity contribution is -0.146. The second-order valence-corrected chi connectivity index (χ2v) is 9.46. The Bertz CT molecular complexity index is 1020. The van der Waals surface area contributed by atoms with Crippen LogP contribution in [0.5, 0.6) is 0 Å².